The zero-order valence-corrected chi connectivity index (χ0v) is 23.7. The molecule has 2 atom stereocenters. The summed E-state index contributed by atoms with van der Waals surface area (Å²) >= 11 is 5.97. The average Bonchev–Trinajstić information content (AvgIpc) is 3.68. The van der Waals surface area contributed by atoms with E-state index in [4.69, 9.17) is 26.1 Å². The van der Waals surface area contributed by atoms with Crippen molar-refractivity contribution in [3.8, 4) is 11.5 Å². The van der Waals surface area contributed by atoms with E-state index in [1.54, 1.807) is 18.2 Å². The molecule has 2 aromatic heterocycles. The van der Waals surface area contributed by atoms with Crippen LogP contribution in [0.2, 0.25) is 5.02 Å². The Morgan fingerprint density at radius 1 is 1.19 bits per heavy atom. The van der Waals surface area contributed by atoms with Gasteiger partial charge >= 0.3 is 5.97 Å². The number of nitrogens with zero attached hydrogens (tertiary/aromatic N) is 4. The maximum atomic E-state index is 14.8. The van der Waals surface area contributed by atoms with Gasteiger partial charge in [-0.1, -0.05) is 23.7 Å². The largest absolute Gasteiger partial charge is 0.485 e. The van der Waals surface area contributed by atoms with Gasteiger partial charge in [-0.15, -0.1) is 0 Å². The normalized spacial score (nSPS) is 20.9. The molecule has 1 N–H and O–H groups in total. The van der Waals surface area contributed by atoms with Crippen molar-refractivity contribution in [1.82, 2.24) is 19.4 Å². The van der Waals surface area contributed by atoms with E-state index >= 15 is 0 Å². The van der Waals surface area contributed by atoms with Crippen LogP contribution in [0.3, 0.4) is 0 Å². The van der Waals surface area contributed by atoms with Crippen molar-refractivity contribution in [2.45, 2.75) is 51.4 Å². The van der Waals surface area contributed by atoms with Crippen LogP contribution in [0.4, 0.5) is 8.78 Å². The van der Waals surface area contributed by atoms with Gasteiger partial charge in [0.2, 0.25) is 0 Å². The minimum atomic E-state index is -1.12. The minimum Gasteiger partial charge on any atom is -0.485 e. The van der Waals surface area contributed by atoms with Gasteiger partial charge in [0.1, 0.15) is 23.8 Å². The van der Waals surface area contributed by atoms with Crippen LogP contribution in [-0.4, -0.2) is 50.3 Å². The molecule has 1 saturated carbocycles. The second-order valence-corrected chi connectivity index (χ2v) is 12.0. The Kier molecular flexibility index (Phi) is 6.58. The van der Waals surface area contributed by atoms with Gasteiger partial charge in [-0.3, -0.25) is 9.29 Å². The Morgan fingerprint density at radius 3 is 2.76 bits per heavy atom. The Labute approximate surface area is 245 Å². The van der Waals surface area contributed by atoms with Gasteiger partial charge in [-0.2, -0.15) is 0 Å². The predicted molar refractivity (Wildman–Crippen MR) is 151 cm³/mol. The lowest BCUT2D eigenvalue weighted by molar-refractivity contribution is 0.0690. The van der Waals surface area contributed by atoms with E-state index in [0.29, 0.717) is 52.2 Å². The van der Waals surface area contributed by atoms with Crippen molar-refractivity contribution < 1.29 is 28.2 Å². The maximum absolute atomic E-state index is 14.8. The highest BCUT2D eigenvalue weighted by molar-refractivity contribution is 6.30. The second kappa shape index (κ2) is 10.2. The van der Waals surface area contributed by atoms with Crippen LogP contribution in [-0.2, 0) is 19.5 Å². The fraction of sp³-hybridized carbons (Fsp3) is 0.387. The quantitative estimate of drug-likeness (QED) is 0.268. The summed E-state index contributed by atoms with van der Waals surface area (Å²) in [6, 6.07) is 11.5. The first-order valence-electron chi connectivity index (χ1n) is 14.0. The number of aromatic carboxylic acids is 1. The van der Waals surface area contributed by atoms with Crippen LogP contribution in [0.25, 0.3) is 11.2 Å². The monoisotopic (exact) mass is 594 g/mol. The summed E-state index contributed by atoms with van der Waals surface area (Å²) in [6.45, 7) is 3.40. The van der Waals surface area contributed by atoms with Crippen molar-refractivity contribution in [2.75, 3.05) is 19.8 Å². The summed E-state index contributed by atoms with van der Waals surface area (Å²) in [6.07, 6.45) is 1.67. The molecule has 1 unspecified atom stereocenters. The molecule has 4 aromatic rings. The molecule has 42 heavy (non-hydrogen) atoms. The Morgan fingerprint density at radius 2 is 2.02 bits per heavy atom. The molecule has 2 aliphatic heterocycles. The topological polar surface area (TPSA) is 89.7 Å². The molecule has 3 aliphatic rings. The number of aromatic nitrogens is 3. The number of carboxylic acids is 1. The minimum absolute atomic E-state index is 0.0731. The van der Waals surface area contributed by atoms with Crippen molar-refractivity contribution in [3.63, 3.8) is 0 Å². The molecule has 0 spiro atoms. The number of fused-ring (bicyclic) bond motifs is 4. The molecule has 1 fully saturated rings. The molecular weight excluding hydrogens is 566 g/mol. The molecule has 0 saturated heterocycles. The Bertz CT molecular complexity index is 1720. The number of hydrogen-bond donors (Lipinski definition) is 1. The van der Waals surface area contributed by atoms with Crippen LogP contribution >= 0.6 is 11.6 Å². The number of carbonyl (C=O) groups is 1. The molecule has 0 amide bonds. The smallest absolute Gasteiger partial charge is 0.354 e. The van der Waals surface area contributed by atoms with Crippen molar-refractivity contribution in [1.29, 1.82) is 0 Å². The third kappa shape index (κ3) is 4.66. The van der Waals surface area contributed by atoms with Crippen LogP contribution in [0.1, 0.15) is 64.9 Å². The zero-order valence-electron chi connectivity index (χ0n) is 22.9. The summed E-state index contributed by atoms with van der Waals surface area (Å²) in [5.41, 5.74) is 3.00. The van der Waals surface area contributed by atoms with Gasteiger partial charge in [0, 0.05) is 40.7 Å². The van der Waals surface area contributed by atoms with Gasteiger partial charge in [0.15, 0.2) is 28.9 Å². The first-order chi connectivity index (χ1) is 20.2. The van der Waals surface area contributed by atoms with Crippen LogP contribution in [0.15, 0.2) is 42.5 Å². The van der Waals surface area contributed by atoms with E-state index in [9.17, 15) is 18.7 Å². The molecule has 11 heteroatoms. The number of alkyl halides is 1. The third-order valence-corrected chi connectivity index (χ3v) is 9.05. The molecule has 0 radical (unpaired) electrons. The lowest BCUT2D eigenvalue weighted by atomic mass is 9.91. The Hall–Kier alpha value is -3.76. The first kappa shape index (κ1) is 27.1. The number of imidazole rings is 1. The number of benzene rings is 2. The number of halogens is 3. The standard InChI is InChI=1S/C31H29ClF2N4O4/c1-17-27-18(2-7-24-28(27)42-25(14-41-24)20-4-3-19(32)12-21(20)34)8-11-37(17)13-26-35-22-5-6-23(30(39)40)36-29(22)38(26)16-31(15-33)9-10-31/h2-7,12,17,25H,8-11,13-16H2,1H3,(H,39,40)/t17?,25-/m1/s1. The van der Waals surface area contributed by atoms with Gasteiger partial charge in [0.25, 0.3) is 0 Å². The number of ether oxygens (including phenoxy) is 2. The van der Waals surface area contributed by atoms with E-state index < -0.39 is 30.0 Å². The molecule has 4 heterocycles. The number of pyridine rings is 1. The van der Waals surface area contributed by atoms with Crippen LogP contribution < -0.4 is 9.47 Å². The Balaban J connectivity index is 1.22. The number of carboxylic acid groups (broad SMARTS) is 1. The number of rotatable bonds is 7. The molecular formula is C31H29ClF2N4O4. The van der Waals surface area contributed by atoms with E-state index in [1.807, 2.05) is 10.6 Å². The van der Waals surface area contributed by atoms with Crippen molar-refractivity contribution in [2.24, 2.45) is 5.41 Å². The molecule has 0 bridgehead atoms. The molecule has 7 rings (SSSR count). The van der Waals surface area contributed by atoms with Crippen molar-refractivity contribution in [3.05, 3.63) is 81.5 Å². The summed E-state index contributed by atoms with van der Waals surface area (Å²) in [5.74, 6) is 0.357. The molecule has 1 aliphatic carbocycles. The van der Waals surface area contributed by atoms with E-state index in [-0.39, 0.29) is 18.3 Å². The second-order valence-electron chi connectivity index (χ2n) is 11.5. The maximum Gasteiger partial charge on any atom is 0.354 e. The van der Waals surface area contributed by atoms with Crippen LogP contribution in [0.5, 0.6) is 11.5 Å². The van der Waals surface area contributed by atoms with Gasteiger partial charge in [0.05, 0.1) is 13.2 Å². The first-order valence-corrected chi connectivity index (χ1v) is 14.4. The van der Waals surface area contributed by atoms with Gasteiger partial charge in [-0.05, 0) is 62.1 Å². The molecule has 2 aromatic carbocycles. The summed E-state index contributed by atoms with van der Waals surface area (Å²) < 4.78 is 43.2. The van der Waals surface area contributed by atoms with E-state index in [1.165, 1.54) is 12.1 Å². The lowest BCUT2D eigenvalue weighted by Gasteiger charge is -2.38. The van der Waals surface area contributed by atoms with E-state index in [2.05, 4.69) is 22.9 Å². The molecule has 218 valence electrons. The molecule has 8 nitrogen and oxygen atoms in total. The fourth-order valence-corrected chi connectivity index (χ4v) is 6.29. The van der Waals surface area contributed by atoms with Gasteiger partial charge in [-0.25, -0.2) is 19.2 Å². The van der Waals surface area contributed by atoms with Crippen LogP contribution in [0, 0.1) is 11.2 Å². The SMILES string of the molecule is CC1c2c(ccc3c2O[C@@H](c2ccc(Cl)cc2F)CO3)CCN1Cc1nc2ccc(C(=O)O)nc2n1CC1(CF)CC1. The summed E-state index contributed by atoms with van der Waals surface area (Å²) in [5, 5.41) is 9.84. The highest BCUT2D eigenvalue weighted by atomic mass is 35.5. The third-order valence-electron chi connectivity index (χ3n) is 8.81. The average molecular weight is 595 g/mol. The fourth-order valence-electron chi connectivity index (χ4n) is 6.13. The zero-order chi connectivity index (χ0) is 29.2. The number of hydrogen-bond acceptors (Lipinski definition) is 6. The highest BCUT2D eigenvalue weighted by Crippen LogP contribution is 2.49. The van der Waals surface area contributed by atoms with Gasteiger partial charge < -0.3 is 19.1 Å². The predicted octanol–water partition coefficient (Wildman–Crippen LogP) is 6.30. The highest BCUT2D eigenvalue weighted by Gasteiger charge is 2.44. The lowest BCUT2D eigenvalue weighted by Crippen LogP contribution is -2.36. The van der Waals surface area contributed by atoms with E-state index in [0.717, 1.165) is 36.9 Å². The van der Waals surface area contributed by atoms with Crippen molar-refractivity contribution >= 4 is 28.7 Å². The summed E-state index contributed by atoms with van der Waals surface area (Å²) in [4.78, 5) is 23.1. The summed E-state index contributed by atoms with van der Waals surface area (Å²) in [7, 11) is 0.